The molecule has 0 N–H and O–H groups in total. The van der Waals surface area contributed by atoms with E-state index in [9.17, 15) is 4.79 Å². The van der Waals surface area contributed by atoms with E-state index in [4.69, 9.17) is 4.74 Å². The van der Waals surface area contributed by atoms with Gasteiger partial charge >= 0.3 is 0 Å². The Morgan fingerprint density at radius 3 is 1.84 bits per heavy atom. The van der Waals surface area contributed by atoms with Crippen LogP contribution >= 0.6 is 0 Å². The fourth-order valence-corrected chi connectivity index (χ4v) is 4.40. The average Bonchev–Trinajstić information content (AvgIpc) is 2.86. The molecule has 1 fully saturated rings. The van der Waals surface area contributed by atoms with Crippen LogP contribution in [0.15, 0.2) is 84.9 Å². The van der Waals surface area contributed by atoms with Crippen LogP contribution < -0.4 is 4.74 Å². The van der Waals surface area contributed by atoms with E-state index in [0.717, 1.165) is 25.3 Å². The largest absolute Gasteiger partial charge is 0.481 e. The molecule has 0 radical (unpaired) electrons. The van der Waals surface area contributed by atoms with Gasteiger partial charge in [0, 0.05) is 26.2 Å². The third kappa shape index (κ3) is 5.20. The van der Waals surface area contributed by atoms with Gasteiger partial charge in [0.2, 0.25) is 0 Å². The Labute approximate surface area is 191 Å². The second-order valence-electron chi connectivity index (χ2n) is 8.34. The van der Waals surface area contributed by atoms with Crippen LogP contribution in [0.4, 0.5) is 0 Å². The van der Waals surface area contributed by atoms with Crippen LogP contribution in [0.3, 0.4) is 0 Å². The van der Waals surface area contributed by atoms with Gasteiger partial charge in [0.25, 0.3) is 5.91 Å². The molecule has 166 valence electrons. The molecule has 0 aromatic heterocycles. The van der Waals surface area contributed by atoms with Crippen molar-refractivity contribution in [3.8, 4) is 5.75 Å². The van der Waals surface area contributed by atoms with Crippen LogP contribution in [0.2, 0.25) is 0 Å². The van der Waals surface area contributed by atoms with Crippen molar-refractivity contribution < 1.29 is 9.53 Å². The molecule has 0 bridgehead atoms. The summed E-state index contributed by atoms with van der Waals surface area (Å²) < 4.78 is 5.94. The van der Waals surface area contributed by atoms with Crippen molar-refractivity contribution in [3.63, 3.8) is 0 Å². The van der Waals surface area contributed by atoms with E-state index in [1.807, 2.05) is 24.0 Å². The number of hydrogen-bond donors (Lipinski definition) is 0. The molecule has 32 heavy (non-hydrogen) atoms. The van der Waals surface area contributed by atoms with Gasteiger partial charge in [-0.3, -0.25) is 9.69 Å². The topological polar surface area (TPSA) is 32.8 Å². The van der Waals surface area contributed by atoms with Gasteiger partial charge < -0.3 is 9.64 Å². The molecule has 1 aliphatic rings. The predicted octanol–water partition coefficient (Wildman–Crippen LogP) is 4.95. The molecule has 4 heteroatoms. The summed E-state index contributed by atoms with van der Waals surface area (Å²) in [4.78, 5) is 17.4. The summed E-state index contributed by atoms with van der Waals surface area (Å²) in [6.07, 6.45) is 0.500. The lowest BCUT2D eigenvalue weighted by atomic mass is 9.96. The Balaban J connectivity index is 1.40. The molecule has 1 aliphatic heterocycles. The zero-order chi connectivity index (χ0) is 22.3. The minimum absolute atomic E-state index is 0.0557. The molecular formula is C28H32N2O2. The lowest BCUT2D eigenvalue weighted by Crippen LogP contribution is -2.52. The van der Waals surface area contributed by atoms with Crippen LogP contribution in [0.1, 0.15) is 36.6 Å². The highest BCUT2D eigenvalue weighted by Gasteiger charge is 2.30. The van der Waals surface area contributed by atoms with Crippen molar-refractivity contribution >= 4 is 5.91 Å². The third-order valence-electron chi connectivity index (χ3n) is 6.21. The molecule has 0 saturated carbocycles. The van der Waals surface area contributed by atoms with Crippen molar-refractivity contribution in [1.82, 2.24) is 9.80 Å². The van der Waals surface area contributed by atoms with Gasteiger partial charge in [0.1, 0.15) is 5.75 Å². The second kappa shape index (κ2) is 10.5. The van der Waals surface area contributed by atoms with Crippen molar-refractivity contribution in [2.75, 3.05) is 26.2 Å². The summed E-state index contributed by atoms with van der Waals surface area (Å²) >= 11 is 0. The summed E-state index contributed by atoms with van der Waals surface area (Å²) in [5.74, 6) is 0.801. The van der Waals surface area contributed by atoms with Crippen molar-refractivity contribution in [3.05, 3.63) is 102 Å². The highest BCUT2D eigenvalue weighted by atomic mass is 16.5. The van der Waals surface area contributed by atoms with E-state index in [1.165, 1.54) is 16.7 Å². The van der Waals surface area contributed by atoms with Crippen LogP contribution in [0.25, 0.3) is 0 Å². The zero-order valence-corrected chi connectivity index (χ0v) is 19.0. The number of aryl methyl sites for hydroxylation is 1. The molecule has 3 aromatic rings. The maximum absolute atomic E-state index is 13.0. The fourth-order valence-electron chi connectivity index (χ4n) is 4.40. The van der Waals surface area contributed by atoms with Crippen molar-refractivity contribution in [2.24, 2.45) is 0 Å². The van der Waals surface area contributed by atoms with Gasteiger partial charge in [-0.15, -0.1) is 0 Å². The smallest absolute Gasteiger partial charge is 0.263 e. The molecule has 0 spiro atoms. The average molecular weight is 429 g/mol. The van der Waals surface area contributed by atoms with Crippen LogP contribution in [-0.2, 0) is 11.2 Å². The second-order valence-corrected chi connectivity index (χ2v) is 8.34. The first kappa shape index (κ1) is 22.1. The Morgan fingerprint density at radius 2 is 1.34 bits per heavy atom. The number of carbonyl (C=O) groups is 1. The van der Waals surface area contributed by atoms with Gasteiger partial charge in [-0.1, -0.05) is 79.7 Å². The minimum atomic E-state index is -0.493. The van der Waals surface area contributed by atoms with Gasteiger partial charge in [0.15, 0.2) is 6.10 Å². The molecule has 1 amide bonds. The number of carbonyl (C=O) groups excluding carboxylic acids is 1. The van der Waals surface area contributed by atoms with Crippen LogP contribution in [-0.4, -0.2) is 48.0 Å². The van der Waals surface area contributed by atoms with Gasteiger partial charge in [-0.2, -0.15) is 0 Å². The minimum Gasteiger partial charge on any atom is -0.481 e. The van der Waals surface area contributed by atoms with Crippen molar-refractivity contribution in [1.29, 1.82) is 0 Å². The maximum atomic E-state index is 13.0. The van der Waals surface area contributed by atoms with Gasteiger partial charge in [0.05, 0.1) is 6.04 Å². The zero-order valence-electron chi connectivity index (χ0n) is 19.0. The number of nitrogens with zero attached hydrogens (tertiary/aromatic N) is 2. The molecule has 0 unspecified atom stereocenters. The monoisotopic (exact) mass is 428 g/mol. The molecule has 3 aromatic carbocycles. The van der Waals surface area contributed by atoms with Gasteiger partial charge in [-0.05, 0) is 42.2 Å². The van der Waals surface area contributed by atoms with E-state index >= 15 is 0 Å². The van der Waals surface area contributed by atoms with Crippen LogP contribution in [0.5, 0.6) is 5.75 Å². The SMILES string of the molecule is CCc1ccc(O[C@H](C)C(=O)N2CCN(C(c3ccccc3)c3ccccc3)CC2)cc1. The summed E-state index contributed by atoms with van der Waals surface area (Å²) in [5.41, 5.74) is 3.83. The van der Waals surface area contributed by atoms with E-state index < -0.39 is 6.10 Å². The molecule has 1 saturated heterocycles. The number of hydrogen-bond acceptors (Lipinski definition) is 3. The highest BCUT2D eigenvalue weighted by molar-refractivity contribution is 5.81. The number of piperazine rings is 1. The van der Waals surface area contributed by atoms with E-state index in [2.05, 4.69) is 84.6 Å². The first-order valence-corrected chi connectivity index (χ1v) is 11.5. The summed E-state index contributed by atoms with van der Waals surface area (Å²) in [6, 6.07) is 29.4. The summed E-state index contributed by atoms with van der Waals surface area (Å²) in [5, 5.41) is 0. The van der Waals surface area contributed by atoms with Gasteiger partial charge in [-0.25, -0.2) is 0 Å². The molecule has 1 heterocycles. The highest BCUT2D eigenvalue weighted by Crippen LogP contribution is 2.29. The normalized spacial score (nSPS) is 15.5. The summed E-state index contributed by atoms with van der Waals surface area (Å²) in [7, 11) is 0. The fraction of sp³-hybridized carbons (Fsp3) is 0.321. The van der Waals surface area contributed by atoms with E-state index in [-0.39, 0.29) is 11.9 Å². The number of benzene rings is 3. The lowest BCUT2D eigenvalue weighted by Gasteiger charge is -2.40. The standard InChI is InChI=1S/C28H32N2O2/c1-3-23-14-16-26(17-15-23)32-22(2)28(31)30-20-18-29(19-21-30)27(24-10-6-4-7-11-24)25-12-8-5-9-13-25/h4-17,22,27H,3,18-21H2,1-2H3/t22-/m1/s1. The predicted molar refractivity (Wildman–Crippen MR) is 129 cm³/mol. The first-order chi connectivity index (χ1) is 15.7. The maximum Gasteiger partial charge on any atom is 0.263 e. The number of amides is 1. The van der Waals surface area contributed by atoms with E-state index in [1.54, 1.807) is 0 Å². The molecule has 1 atom stereocenters. The Morgan fingerprint density at radius 1 is 0.812 bits per heavy atom. The third-order valence-corrected chi connectivity index (χ3v) is 6.21. The lowest BCUT2D eigenvalue weighted by molar-refractivity contribution is -0.140. The first-order valence-electron chi connectivity index (χ1n) is 11.5. The Kier molecular flexibility index (Phi) is 7.23. The molecule has 4 rings (SSSR count). The molecule has 0 aliphatic carbocycles. The molecule has 4 nitrogen and oxygen atoms in total. The van der Waals surface area contributed by atoms with Crippen LogP contribution in [0, 0.1) is 0 Å². The quantitative estimate of drug-likeness (QED) is 0.534. The Bertz CT molecular complexity index is 941. The van der Waals surface area contributed by atoms with Crippen molar-refractivity contribution in [2.45, 2.75) is 32.4 Å². The number of rotatable bonds is 7. The number of ether oxygens (including phenoxy) is 1. The summed E-state index contributed by atoms with van der Waals surface area (Å²) in [6.45, 7) is 7.05. The Hall–Kier alpha value is -3.11. The molecular weight excluding hydrogens is 396 g/mol. The van der Waals surface area contributed by atoms with E-state index in [0.29, 0.717) is 13.1 Å².